The second-order valence-electron chi connectivity index (χ2n) is 4.08. The van der Waals surface area contributed by atoms with Gasteiger partial charge in [-0.1, -0.05) is 25.4 Å². The van der Waals surface area contributed by atoms with Crippen LogP contribution in [0.5, 0.6) is 0 Å². The van der Waals surface area contributed by atoms with Gasteiger partial charge in [0.05, 0.1) is 22.9 Å². The molecular weight excluding hydrogens is 226 g/mol. The normalized spacial score (nSPS) is 12.6. The van der Waals surface area contributed by atoms with Crippen LogP contribution in [0.2, 0.25) is 5.02 Å². The first kappa shape index (κ1) is 12.9. The maximum absolute atomic E-state index is 11.7. The molecule has 16 heavy (non-hydrogen) atoms. The molecule has 0 aliphatic heterocycles. The van der Waals surface area contributed by atoms with Crippen LogP contribution in [0.15, 0.2) is 18.5 Å². The Bertz CT molecular complexity index is 368. The molecule has 1 heterocycles. The summed E-state index contributed by atoms with van der Waals surface area (Å²) in [6.07, 6.45) is 3.71. The van der Waals surface area contributed by atoms with E-state index in [4.69, 9.17) is 17.3 Å². The molecule has 4 nitrogen and oxygen atoms in total. The summed E-state index contributed by atoms with van der Waals surface area (Å²) < 4.78 is 0. The van der Waals surface area contributed by atoms with Gasteiger partial charge in [-0.05, 0) is 18.4 Å². The minimum absolute atomic E-state index is 0.233. The van der Waals surface area contributed by atoms with Crippen LogP contribution >= 0.6 is 11.6 Å². The summed E-state index contributed by atoms with van der Waals surface area (Å²) in [5, 5.41) is 3.12. The standard InChI is InChI=1S/C11H16ClN3O/c1-7(2)5-9(13)11(16)15-10-6-14-4-3-8(10)12/h3-4,6-7,9H,5,13H2,1-2H3,(H,15,16)/t9-/m1/s1. The lowest BCUT2D eigenvalue weighted by Gasteiger charge is -2.14. The largest absolute Gasteiger partial charge is 0.322 e. The predicted molar refractivity (Wildman–Crippen MR) is 65.3 cm³/mol. The zero-order valence-corrected chi connectivity index (χ0v) is 10.2. The lowest BCUT2D eigenvalue weighted by atomic mass is 10.0. The highest BCUT2D eigenvalue weighted by molar-refractivity contribution is 6.33. The fraction of sp³-hybridized carbons (Fsp3) is 0.455. The fourth-order valence-corrected chi connectivity index (χ4v) is 1.46. The number of nitrogens with two attached hydrogens (primary N) is 1. The Labute approximate surface area is 100 Å². The van der Waals surface area contributed by atoms with E-state index >= 15 is 0 Å². The summed E-state index contributed by atoms with van der Waals surface area (Å²) in [6.45, 7) is 4.04. The van der Waals surface area contributed by atoms with E-state index in [0.29, 0.717) is 23.0 Å². The molecule has 0 saturated heterocycles. The molecule has 1 amide bonds. The Balaban J connectivity index is 2.61. The highest BCUT2D eigenvalue weighted by Gasteiger charge is 2.15. The van der Waals surface area contributed by atoms with Gasteiger partial charge in [0, 0.05) is 6.20 Å². The summed E-state index contributed by atoms with van der Waals surface area (Å²) in [6, 6.07) is 1.10. The molecule has 0 unspecified atom stereocenters. The number of pyridine rings is 1. The third kappa shape index (κ3) is 3.79. The van der Waals surface area contributed by atoms with Crippen LogP contribution in [0.25, 0.3) is 0 Å². The zero-order valence-electron chi connectivity index (χ0n) is 9.40. The van der Waals surface area contributed by atoms with E-state index in [-0.39, 0.29) is 5.91 Å². The summed E-state index contributed by atoms with van der Waals surface area (Å²) in [7, 11) is 0. The molecular formula is C11H16ClN3O. The van der Waals surface area contributed by atoms with Crippen molar-refractivity contribution in [2.24, 2.45) is 11.7 Å². The molecule has 0 aliphatic rings. The average Bonchev–Trinajstić information content (AvgIpc) is 2.20. The van der Waals surface area contributed by atoms with E-state index in [1.807, 2.05) is 13.8 Å². The number of nitrogens with one attached hydrogen (secondary N) is 1. The fourth-order valence-electron chi connectivity index (χ4n) is 1.31. The summed E-state index contributed by atoms with van der Waals surface area (Å²) in [5.41, 5.74) is 6.23. The van der Waals surface area contributed by atoms with Gasteiger partial charge in [0.2, 0.25) is 5.91 Å². The van der Waals surface area contributed by atoms with Crippen molar-refractivity contribution in [3.05, 3.63) is 23.5 Å². The minimum atomic E-state index is -0.517. The first-order valence-corrected chi connectivity index (χ1v) is 5.54. The minimum Gasteiger partial charge on any atom is -0.322 e. The molecule has 1 rings (SSSR count). The van der Waals surface area contributed by atoms with Gasteiger partial charge in [-0.2, -0.15) is 0 Å². The van der Waals surface area contributed by atoms with Crippen LogP contribution in [-0.2, 0) is 4.79 Å². The number of hydrogen-bond acceptors (Lipinski definition) is 3. The smallest absolute Gasteiger partial charge is 0.241 e. The van der Waals surface area contributed by atoms with Crippen molar-refractivity contribution in [2.45, 2.75) is 26.3 Å². The van der Waals surface area contributed by atoms with Crippen molar-refractivity contribution in [1.82, 2.24) is 4.98 Å². The first-order valence-electron chi connectivity index (χ1n) is 5.16. The van der Waals surface area contributed by atoms with Crippen molar-refractivity contribution in [3.8, 4) is 0 Å². The van der Waals surface area contributed by atoms with Crippen LogP contribution in [0.3, 0.4) is 0 Å². The maximum atomic E-state index is 11.7. The van der Waals surface area contributed by atoms with Gasteiger partial charge >= 0.3 is 0 Å². The number of carbonyl (C=O) groups excluding carboxylic acids is 1. The van der Waals surface area contributed by atoms with Crippen molar-refractivity contribution in [1.29, 1.82) is 0 Å². The molecule has 3 N–H and O–H groups in total. The monoisotopic (exact) mass is 241 g/mol. The molecule has 5 heteroatoms. The SMILES string of the molecule is CC(C)C[C@@H](N)C(=O)Nc1cnccc1Cl. The van der Waals surface area contributed by atoms with Crippen molar-refractivity contribution in [2.75, 3.05) is 5.32 Å². The van der Waals surface area contributed by atoms with Crippen LogP contribution in [0.1, 0.15) is 20.3 Å². The van der Waals surface area contributed by atoms with Gasteiger partial charge < -0.3 is 11.1 Å². The number of anilines is 1. The molecule has 0 radical (unpaired) electrons. The van der Waals surface area contributed by atoms with Gasteiger partial charge in [-0.3, -0.25) is 9.78 Å². The second-order valence-corrected chi connectivity index (χ2v) is 4.49. The van der Waals surface area contributed by atoms with Crippen LogP contribution in [0, 0.1) is 5.92 Å². The number of aromatic nitrogens is 1. The van der Waals surface area contributed by atoms with E-state index < -0.39 is 6.04 Å². The highest BCUT2D eigenvalue weighted by Crippen LogP contribution is 2.19. The number of halogens is 1. The van der Waals surface area contributed by atoms with Gasteiger partial charge in [0.25, 0.3) is 0 Å². The third-order valence-electron chi connectivity index (χ3n) is 2.09. The number of hydrogen-bond donors (Lipinski definition) is 2. The van der Waals surface area contributed by atoms with E-state index in [0.717, 1.165) is 0 Å². The van der Waals surface area contributed by atoms with Crippen molar-refractivity contribution in [3.63, 3.8) is 0 Å². The molecule has 0 saturated carbocycles. The molecule has 0 bridgehead atoms. The second kappa shape index (κ2) is 5.82. The van der Waals surface area contributed by atoms with Crippen molar-refractivity contribution < 1.29 is 4.79 Å². The lowest BCUT2D eigenvalue weighted by Crippen LogP contribution is -2.36. The average molecular weight is 242 g/mol. The third-order valence-corrected chi connectivity index (χ3v) is 2.42. The van der Waals surface area contributed by atoms with Crippen LogP contribution < -0.4 is 11.1 Å². The number of nitrogens with zero attached hydrogens (tertiary/aromatic N) is 1. The van der Waals surface area contributed by atoms with Gasteiger partial charge in [-0.25, -0.2) is 0 Å². The molecule has 1 aromatic heterocycles. The Morgan fingerprint density at radius 2 is 2.31 bits per heavy atom. The highest BCUT2D eigenvalue weighted by atomic mass is 35.5. The van der Waals surface area contributed by atoms with Crippen LogP contribution in [0.4, 0.5) is 5.69 Å². The maximum Gasteiger partial charge on any atom is 0.241 e. The van der Waals surface area contributed by atoms with Crippen LogP contribution in [-0.4, -0.2) is 16.9 Å². The van der Waals surface area contributed by atoms with E-state index in [9.17, 15) is 4.79 Å². The molecule has 0 fully saturated rings. The predicted octanol–water partition coefficient (Wildman–Crippen LogP) is 2.05. The van der Waals surface area contributed by atoms with Crippen molar-refractivity contribution >= 4 is 23.2 Å². The Morgan fingerprint density at radius 1 is 1.62 bits per heavy atom. The Hall–Kier alpha value is -1.13. The first-order chi connectivity index (χ1) is 7.50. The van der Waals surface area contributed by atoms with Gasteiger partial charge in [-0.15, -0.1) is 0 Å². The lowest BCUT2D eigenvalue weighted by molar-refractivity contribution is -0.117. The molecule has 0 aromatic carbocycles. The molecule has 1 atom stereocenters. The molecule has 88 valence electrons. The summed E-state index contributed by atoms with van der Waals surface area (Å²) in [5.74, 6) is 0.147. The zero-order chi connectivity index (χ0) is 12.1. The van der Waals surface area contributed by atoms with Gasteiger partial charge in [0.15, 0.2) is 0 Å². The number of rotatable bonds is 4. The number of carbonyl (C=O) groups is 1. The Kier molecular flexibility index (Phi) is 4.71. The molecule has 0 spiro atoms. The Morgan fingerprint density at radius 3 is 2.88 bits per heavy atom. The van der Waals surface area contributed by atoms with Gasteiger partial charge in [0.1, 0.15) is 0 Å². The molecule has 1 aromatic rings. The molecule has 0 aliphatic carbocycles. The summed E-state index contributed by atoms with van der Waals surface area (Å²) >= 11 is 5.88. The van der Waals surface area contributed by atoms with E-state index in [1.165, 1.54) is 6.20 Å². The van der Waals surface area contributed by atoms with E-state index in [1.54, 1.807) is 12.3 Å². The van der Waals surface area contributed by atoms with E-state index in [2.05, 4.69) is 10.3 Å². The number of amides is 1. The topological polar surface area (TPSA) is 68.0 Å². The quantitative estimate of drug-likeness (QED) is 0.848. The summed E-state index contributed by atoms with van der Waals surface area (Å²) in [4.78, 5) is 15.6.